The van der Waals surface area contributed by atoms with E-state index in [1.807, 2.05) is 12.1 Å². The van der Waals surface area contributed by atoms with E-state index in [1.165, 1.54) is 10.9 Å². The Kier molecular flexibility index (Phi) is 5.95. The molecule has 2 aromatic rings. The number of hydrogen-bond acceptors (Lipinski definition) is 5. The van der Waals surface area contributed by atoms with Crippen LogP contribution in [-0.4, -0.2) is 51.7 Å². The molecule has 1 aliphatic rings. The Morgan fingerprint density at radius 3 is 2.91 bits per heavy atom. The van der Waals surface area contributed by atoms with Crippen LogP contribution >= 0.6 is 24.0 Å². The largest absolute Gasteiger partial charge is 0.391 e. The molecule has 23 heavy (non-hydrogen) atoms. The van der Waals surface area contributed by atoms with Gasteiger partial charge < -0.3 is 15.7 Å². The molecule has 0 spiro atoms. The van der Waals surface area contributed by atoms with Crippen molar-refractivity contribution in [3.63, 3.8) is 0 Å². The number of aromatic nitrogens is 3. The fourth-order valence-electron chi connectivity index (χ4n) is 2.36. The summed E-state index contributed by atoms with van der Waals surface area (Å²) in [7, 11) is 0. The molecule has 1 aromatic heterocycles. The van der Waals surface area contributed by atoms with Gasteiger partial charge in [0.15, 0.2) is 5.69 Å². The zero-order valence-electron chi connectivity index (χ0n) is 12.1. The molecule has 0 aliphatic carbocycles. The molecule has 1 fully saturated rings. The lowest BCUT2D eigenvalue weighted by molar-refractivity contribution is 0.0922. The molecule has 0 saturated carbocycles. The first-order valence-electron chi connectivity index (χ1n) is 6.99. The number of carbonyl (C=O) groups is 1. The molecular weight excluding hydrogens is 341 g/mol. The molecule has 1 amide bonds. The smallest absolute Gasteiger partial charge is 0.273 e. The van der Waals surface area contributed by atoms with Gasteiger partial charge in [-0.3, -0.25) is 4.79 Å². The first kappa shape index (κ1) is 17.7. The summed E-state index contributed by atoms with van der Waals surface area (Å²) in [5, 5.41) is 23.8. The van der Waals surface area contributed by atoms with Crippen molar-refractivity contribution in [1.29, 1.82) is 0 Å². The van der Waals surface area contributed by atoms with Crippen molar-refractivity contribution in [2.75, 3.05) is 19.6 Å². The van der Waals surface area contributed by atoms with Crippen molar-refractivity contribution in [2.24, 2.45) is 5.92 Å². The molecule has 7 nitrogen and oxygen atoms in total. The summed E-state index contributed by atoms with van der Waals surface area (Å²) in [6.07, 6.45) is 1.10. The van der Waals surface area contributed by atoms with Crippen LogP contribution in [0.4, 0.5) is 0 Å². The van der Waals surface area contributed by atoms with Crippen molar-refractivity contribution in [2.45, 2.75) is 6.10 Å². The fraction of sp³-hybridized carbons (Fsp3) is 0.357. The summed E-state index contributed by atoms with van der Waals surface area (Å²) in [5.41, 5.74) is 0.867. The van der Waals surface area contributed by atoms with E-state index in [0.29, 0.717) is 30.3 Å². The van der Waals surface area contributed by atoms with E-state index in [0.717, 1.165) is 0 Å². The number of hydrogen-bond donors (Lipinski definition) is 3. The van der Waals surface area contributed by atoms with Crippen LogP contribution in [0, 0.1) is 5.92 Å². The summed E-state index contributed by atoms with van der Waals surface area (Å²) in [6.45, 7) is 1.64. The van der Waals surface area contributed by atoms with E-state index >= 15 is 0 Å². The van der Waals surface area contributed by atoms with Gasteiger partial charge in [0.25, 0.3) is 5.91 Å². The van der Waals surface area contributed by atoms with Gasteiger partial charge in [-0.25, -0.2) is 4.68 Å². The predicted molar refractivity (Wildman–Crippen MR) is 88.3 cm³/mol. The maximum Gasteiger partial charge on any atom is 0.273 e. The number of halogens is 2. The van der Waals surface area contributed by atoms with Crippen molar-refractivity contribution in [3.8, 4) is 5.69 Å². The van der Waals surface area contributed by atoms with Gasteiger partial charge in [0, 0.05) is 25.6 Å². The Morgan fingerprint density at radius 2 is 2.22 bits per heavy atom. The quantitative estimate of drug-likeness (QED) is 0.747. The normalized spacial score (nSPS) is 20.1. The van der Waals surface area contributed by atoms with E-state index in [9.17, 15) is 9.90 Å². The molecule has 9 heteroatoms. The van der Waals surface area contributed by atoms with E-state index in [4.69, 9.17) is 11.6 Å². The number of benzene rings is 1. The van der Waals surface area contributed by atoms with Gasteiger partial charge in [-0.15, -0.1) is 17.5 Å². The number of para-hydroxylation sites is 1. The highest BCUT2D eigenvalue weighted by atomic mass is 35.5. The van der Waals surface area contributed by atoms with E-state index in [1.54, 1.807) is 12.1 Å². The second kappa shape index (κ2) is 7.74. The Bertz CT molecular complexity index is 679. The molecule has 0 bridgehead atoms. The third-order valence-electron chi connectivity index (χ3n) is 3.65. The minimum atomic E-state index is -0.431. The van der Waals surface area contributed by atoms with Crippen molar-refractivity contribution < 1.29 is 9.90 Å². The lowest BCUT2D eigenvalue weighted by Gasteiger charge is -2.13. The number of aliphatic hydroxyl groups is 1. The highest BCUT2D eigenvalue weighted by molar-refractivity contribution is 6.32. The third kappa shape index (κ3) is 4.00. The number of β-amino-alcohol motifs (C(OH)–C–C–N with tert-alkyl or cyclic N) is 1. The molecule has 2 atom stereocenters. The lowest BCUT2D eigenvalue weighted by atomic mass is 10.1. The Labute approximate surface area is 144 Å². The standard InChI is InChI=1S/C14H16ClN5O2.ClH/c15-10-3-1-2-4-12(10)20-8-11(18-19-20)14(22)17-6-9-5-16-7-13(9)21;/h1-4,8-9,13,16,21H,5-7H2,(H,17,22);1H. The number of aliphatic hydroxyl groups excluding tert-OH is 1. The highest BCUT2D eigenvalue weighted by Gasteiger charge is 2.25. The summed E-state index contributed by atoms with van der Waals surface area (Å²) in [4.78, 5) is 12.1. The predicted octanol–water partition coefficient (Wildman–Crippen LogP) is 0.653. The molecule has 1 saturated heterocycles. The van der Waals surface area contributed by atoms with E-state index in [2.05, 4.69) is 20.9 Å². The summed E-state index contributed by atoms with van der Waals surface area (Å²) in [6, 6.07) is 7.18. The minimum absolute atomic E-state index is 0. The van der Waals surface area contributed by atoms with Crippen LogP contribution in [0.25, 0.3) is 5.69 Å². The van der Waals surface area contributed by atoms with Crippen molar-refractivity contribution in [3.05, 3.63) is 41.2 Å². The number of nitrogens with zero attached hydrogens (tertiary/aromatic N) is 3. The van der Waals surface area contributed by atoms with Crippen LogP contribution in [0.15, 0.2) is 30.5 Å². The summed E-state index contributed by atoms with van der Waals surface area (Å²) >= 11 is 6.09. The highest BCUT2D eigenvalue weighted by Crippen LogP contribution is 2.18. The number of nitrogens with one attached hydrogen (secondary N) is 2. The van der Waals surface area contributed by atoms with Gasteiger partial charge in [0.05, 0.1) is 23.0 Å². The van der Waals surface area contributed by atoms with Crippen molar-refractivity contribution >= 4 is 29.9 Å². The molecule has 1 aromatic carbocycles. The Balaban J connectivity index is 0.00000192. The van der Waals surface area contributed by atoms with Gasteiger partial charge in [-0.2, -0.15) is 0 Å². The molecule has 1 aliphatic heterocycles. The van der Waals surface area contributed by atoms with Gasteiger partial charge in [-0.1, -0.05) is 28.9 Å². The fourth-order valence-corrected chi connectivity index (χ4v) is 2.59. The van der Waals surface area contributed by atoms with Gasteiger partial charge >= 0.3 is 0 Å². The maximum atomic E-state index is 12.1. The molecule has 124 valence electrons. The molecule has 0 radical (unpaired) electrons. The molecule has 3 N–H and O–H groups in total. The monoisotopic (exact) mass is 357 g/mol. The molecule has 3 rings (SSSR count). The van der Waals surface area contributed by atoms with Gasteiger partial charge in [0.1, 0.15) is 0 Å². The summed E-state index contributed by atoms with van der Waals surface area (Å²) in [5.74, 6) is -0.306. The molecule has 2 unspecified atom stereocenters. The first-order valence-corrected chi connectivity index (χ1v) is 7.37. The van der Waals surface area contributed by atoms with Crippen LogP contribution in [0.2, 0.25) is 5.02 Å². The van der Waals surface area contributed by atoms with Crippen LogP contribution in [0.1, 0.15) is 10.5 Å². The zero-order valence-corrected chi connectivity index (χ0v) is 13.7. The zero-order chi connectivity index (χ0) is 15.5. The molecule has 2 heterocycles. The van der Waals surface area contributed by atoms with Crippen LogP contribution in [0.3, 0.4) is 0 Å². The average Bonchev–Trinajstić information content (AvgIpc) is 3.14. The van der Waals surface area contributed by atoms with Crippen LogP contribution in [0.5, 0.6) is 0 Å². The van der Waals surface area contributed by atoms with E-state index < -0.39 is 6.10 Å². The second-order valence-corrected chi connectivity index (χ2v) is 5.60. The third-order valence-corrected chi connectivity index (χ3v) is 3.97. The first-order chi connectivity index (χ1) is 10.6. The maximum absolute atomic E-state index is 12.1. The SMILES string of the molecule is Cl.O=C(NCC1CNCC1O)c1cn(-c2ccccc2Cl)nn1. The minimum Gasteiger partial charge on any atom is -0.391 e. The number of amides is 1. The Morgan fingerprint density at radius 1 is 1.43 bits per heavy atom. The van der Waals surface area contributed by atoms with Crippen molar-refractivity contribution in [1.82, 2.24) is 25.6 Å². The van der Waals surface area contributed by atoms with Gasteiger partial charge in [-0.05, 0) is 12.1 Å². The van der Waals surface area contributed by atoms with Gasteiger partial charge in [0.2, 0.25) is 0 Å². The second-order valence-electron chi connectivity index (χ2n) is 5.20. The average molecular weight is 358 g/mol. The Hall–Kier alpha value is -1.67. The topological polar surface area (TPSA) is 92.1 Å². The number of rotatable bonds is 4. The number of carbonyl (C=O) groups excluding carboxylic acids is 1. The van der Waals surface area contributed by atoms with Crippen LogP contribution in [-0.2, 0) is 0 Å². The lowest BCUT2D eigenvalue weighted by Crippen LogP contribution is -2.34. The van der Waals surface area contributed by atoms with E-state index in [-0.39, 0.29) is 29.9 Å². The molecular formula is C14H17Cl2N5O2. The van der Waals surface area contributed by atoms with Crippen LogP contribution < -0.4 is 10.6 Å². The summed E-state index contributed by atoms with van der Waals surface area (Å²) < 4.78 is 1.46.